The molecule has 1 fully saturated rings. The average molecular weight is 253 g/mol. The van der Waals surface area contributed by atoms with E-state index in [9.17, 15) is 4.79 Å². The first-order chi connectivity index (χ1) is 7.98. The van der Waals surface area contributed by atoms with Crippen molar-refractivity contribution >= 4 is 23.5 Å². The SMILES string of the molecule is CC1(C)CN(c2cnc(C(=O)O)cn2)CCS1. The van der Waals surface area contributed by atoms with Gasteiger partial charge in [-0.3, -0.25) is 0 Å². The largest absolute Gasteiger partial charge is 0.476 e. The normalized spacial score (nSPS) is 19.1. The van der Waals surface area contributed by atoms with Gasteiger partial charge in [-0.25, -0.2) is 14.8 Å². The maximum absolute atomic E-state index is 10.7. The summed E-state index contributed by atoms with van der Waals surface area (Å²) in [6, 6.07) is 0. The van der Waals surface area contributed by atoms with Crippen molar-refractivity contribution in [3.8, 4) is 0 Å². The molecule has 1 aliphatic heterocycles. The Morgan fingerprint density at radius 3 is 2.76 bits per heavy atom. The first-order valence-corrected chi connectivity index (χ1v) is 6.41. The van der Waals surface area contributed by atoms with Gasteiger partial charge in [-0.1, -0.05) is 0 Å². The Morgan fingerprint density at radius 2 is 2.24 bits per heavy atom. The molecular weight excluding hydrogens is 238 g/mol. The minimum absolute atomic E-state index is 0.0144. The number of aromatic nitrogens is 2. The van der Waals surface area contributed by atoms with Crippen LogP contribution >= 0.6 is 11.8 Å². The number of aromatic carboxylic acids is 1. The van der Waals surface area contributed by atoms with Gasteiger partial charge in [0.05, 0.1) is 12.4 Å². The van der Waals surface area contributed by atoms with Crippen LogP contribution in [0.25, 0.3) is 0 Å². The van der Waals surface area contributed by atoms with E-state index in [0.717, 1.165) is 24.7 Å². The molecule has 0 bridgehead atoms. The maximum Gasteiger partial charge on any atom is 0.356 e. The zero-order chi connectivity index (χ0) is 12.5. The quantitative estimate of drug-likeness (QED) is 0.861. The van der Waals surface area contributed by atoms with Crippen molar-refractivity contribution in [1.29, 1.82) is 0 Å². The smallest absolute Gasteiger partial charge is 0.356 e. The van der Waals surface area contributed by atoms with Crippen molar-refractivity contribution < 1.29 is 9.90 Å². The minimum atomic E-state index is -1.04. The van der Waals surface area contributed by atoms with Gasteiger partial charge in [-0.05, 0) is 13.8 Å². The van der Waals surface area contributed by atoms with Crippen molar-refractivity contribution in [2.45, 2.75) is 18.6 Å². The third kappa shape index (κ3) is 2.88. The van der Waals surface area contributed by atoms with Gasteiger partial charge < -0.3 is 10.0 Å². The lowest BCUT2D eigenvalue weighted by Gasteiger charge is -2.38. The summed E-state index contributed by atoms with van der Waals surface area (Å²) in [7, 11) is 0. The molecule has 0 amide bonds. The molecule has 1 N–H and O–H groups in total. The first-order valence-electron chi connectivity index (χ1n) is 5.42. The number of thioether (sulfide) groups is 1. The topological polar surface area (TPSA) is 66.3 Å². The van der Waals surface area contributed by atoms with Crippen molar-refractivity contribution in [2.24, 2.45) is 0 Å². The third-order valence-electron chi connectivity index (χ3n) is 2.61. The predicted octanol–water partition coefficient (Wildman–Crippen LogP) is 1.51. The van der Waals surface area contributed by atoms with Crippen LogP contribution in [0, 0.1) is 0 Å². The zero-order valence-corrected chi connectivity index (χ0v) is 10.7. The van der Waals surface area contributed by atoms with Crippen LogP contribution in [0.15, 0.2) is 12.4 Å². The number of carbonyl (C=O) groups is 1. The van der Waals surface area contributed by atoms with Crippen LogP contribution in [-0.4, -0.2) is 44.6 Å². The number of carboxylic acids is 1. The fraction of sp³-hybridized carbons (Fsp3) is 0.545. The van der Waals surface area contributed by atoms with Crippen LogP contribution in [0.4, 0.5) is 5.82 Å². The van der Waals surface area contributed by atoms with E-state index in [1.165, 1.54) is 12.4 Å². The molecule has 1 aromatic rings. The maximum atomic E-state index is 10.7. The van der Waals surface area contributed by atoms with Gasteiger partial charge in [0, 0.05) is 23.6 Å². The van der Waals surface area contributed by atoms with E-state index in [1.54, 1.807) is 0 Å². The minimum Gasteiger partial charge on any atom is -0.476 e. The van der Waals surface area contributed by atoms with Crippen LogP contribution in [0.1, 0.15) is 24.3 Å². The van der Waals surface area contributed by atoms with E-state index >= 15 is 0 Å². The summed E-state index contributed by atoms with van der Waals surface area (Å²) in [4.78, 5) is 20.9. The van der Waals surface area contributed by atoms with Gasteiger partial charge >= 0.3 is 5.97 Å². The molecule has 0 aromatic carbocycles. The van der Waals surface area contributed by atoms with Gasteiger partial charge in [-0.15, -0.1) is 0 Å². The summed E-state index contributed by atoms with van der Waals surface area (Å²) in [5.41, 5.74) is -0.0144. The first kappa shape index (κ1) is 12.2. The molecule has 0 spiro atoms. The highest BCUT2D eigenvalue weighted by Gasteiger charge is 2.27. The highest BCUT2D eigenvalue weighted by atomic mass is 32.2. The van der Waals surface area contributed by atoms with Crippen LogP contribution in [0.3, 0.4) is 0 Å². The molecule has 1 saturated heterocycles. The van der Waals surface area contributed by atoms with E-state index in [1.807, 2.05) is 11.8 Å². The Labute approximate surface area is 104 Å². The Balaban J connectivity index is 2.14. The van der Waals surface area contributed by atoms with Crippen LogP contribution < -0.4 is 4.90 Å². The number of rotatable bonds is 2. The van der Waals surface area contributed by atoms with Crippen LogP contribution in [-0.2, 0) is 0 Å². The second kappa shape index (κ2) is 4.52. The summed E-state index contributed by atoms with van der Waals surface area (Å²) in [6.45, 7) is 6.22. The third-order valence-corrected chi connectivity index (χ3v) is 3.90. The molecule has 2 heterocycles. The van der Waals surface area contributed by atoms with E-state index in [2.05, 4.69) is 28.7 Å². The van der Waals surface area contributed by atoms with Crippen LogP contribution in [0.5, 0.6) is 0 Å². The molecule has 0 aliphatic carbocycles. The van der Waals surface area contributed by atoms with Gasteiger partial charge in [0.1, 0.15) is 5.82 Å². The summed E-state index contributed by atoms with van der Waals surface area (Å²) in [5, 5.41) is 8.75. The number of hydrogen-bond acceptors (Lipinski definition) is 5. The average Bonchev–Trinajstić information content (AvgIpc) is 2.28. The molecule has 0 unspecified atom stereocenters. The molecule has 1 aromatic heterocycles. The molecule has 5 nitrogen and oxygen atoms in total. The lowest BCUT2D eigenvalue weighted by molar-refractivity contribution is 0.0690. The molecule has 0 saturated carbocycles. The van der Waals surface area contributed by atoms with Crippen molar-refractivity contribution in [3.05, 3.63) is 18.1 Å². The Kier molecular flexibility index (Phi) is 3.24. The second-order valence-electron chi connectivity index (χ2n) is 4.59. The summed E-state index contributed by atoms with van der Waals surface area (Å²) in [6.07, 6.45) is 2.85. The lowest BCUT2D eigenvalue weighted by atomic mass is 10.2. The molecular formula is C11H15N3O2S. The fourth-order valence-corrected chi connectivity index (χ4v) is 2.92. The van der Waals surface area contributed by atoms with Gasteiger partial charge in [0.15, 0.2) is 5.69 Å². The Morgan fingerprint density at radius 1 is 1.47 bits per heavy atom. The van der Waals surface area contributed by atoms with Gasteiger partial charge in [-0.2, -0.15) is 11.8 Å². The van der Waals surface area contributed by atoms with E-state index < -0.39 is 5.97 Å². The number of nitrogens with zero attached hydrogens (tertiary/aromatic N) is 3. The zero-order valence-electron chi connectivity index (χ0n) is 9.88. The van der Waals surface area contributed by atoms with Crippen LogP contribution in [0.2, 0.25) is 0 Å². The fourth-order valence-electron chi connectivity index (χ4n) is 1.81. The summed E-state index contributed by atoms with van der Waals surface area (Å²) in [5.74, 6) is 0.761. The molecule has 17 heavy (non-hydrogen) atoms. The number of anilines is 1. The Bertz CT molecular complexity index is 419. The van der Waals surface area contributed by atoms with Gasteiger partial charge in [0.2, 0.25) is 0 Å². The molecule has 0 radical (unpaired) electrons. The monoisotopic (exact) mass is 253 g/mol. The standard InChI is InChI=1S/C11H15N3O2S/c1-11(2)7-14(3-4-17-11)9-6-12-8(5-13-9)10(15)16/h5-6H,3-4,7H2,1-2H3,(H,15,16). The summed E-state index contributed by atoms with van der Waals surface area (Å²) >= 11 is 1.94. The molecule has 1 aliphatic rings. The van der Waals surface area contributed by atoms with Crippen molar-refractivity contribution in [1.82, 2.24) is 9.97 Å². The predicted molar refractivity (Wildman–Crippen MR) is 67.7 cm³/mol. The summed E-state index contributed by atoms with van der Waals surface area (Å²) < 4.78 is 0.200. The molecule has 2 rings (SSSR count). The van der Waals surface area contributed by atoms with Crippen molar-refractivity contribution in [3.63, 3.8) is 0 Å². The Hall–Kier alpha value is -1.30. The van der Waals surface area contributed by atoms with E-state index in [-0.39, 0.29) is 10.4 Å². The highest BCUT2D eigenvalue weighted by molar-refractivity contribution is 8.00. The molecule has 6 heteroatoms. The number of carboxylic acid groups (broad SMARTS) is 1. The van der Waals surface area contributed by atoms with E-state index in [4.69, 9.17) is 5.11 Å². The van der Waals surface area contributed by atoms with Gasteiger partial charge in [0.25, 0.3) is 0 Å². The molecule has 0 atom stereocenters. The number of hydrogen-bond donors (Lipinski definition) is 1. The van der Waals surface area contributed by atoms with Crippen molar-refractivity contribution in [2.75, 3.05) is 23.7 Å². The van der Waals surface area contributed by atoms with E-state index in [0.29, 0.717) is 0 Å². The molecule has 92 valence electrons. The lowest BCUT2D eigenvalue weighted by Crippen LogP contribution is -2.43. The highest BCUT2D eigenvalue weighted by Crippen LogP contribution is 2.31. The second-order valence-corrected chi connectivity index (χ2v) is 6.40.